The number of aryl methyl sites for hydroxylation is 2. The molecule has 1 N–H and O–H groups in total. The summed E-state index contributed by atoms with van der Waals surface area (Å²) in [5.41, 5.74) is 2.61. The van der Waals surface area contributed by atoms with E-state index in [1.54, 1.807) is 18.1 Å². The van der Waals surface area contributed by atoms with Gasteiger partial charge in [-0.3, -0.25) is 9.59 Å². The molecule has 0 unspecified atom stereocenters. The van der Waals surface area contributed by atoms with Gasteiger partial charge in [-0.1, -0.05) is 6.07 Å². The summed E-state index contributed by atoms with van der Waals surface area (Å²) in [6, 6.07) is 7.24. The second-order valence-corrected chi connectivity index (χ2v) is 6.48. The van der Waals surface area contributed by atoms with Gasteiger partial charge in [-0.25, -0.2) is 9.97 Å². The minimum absolute atomic E-state index is 0.291. The van der Waals surface area contributed by atoms with Crippen molar-refractivity contribution in [3.8, 4) is 5.75 Å². The molecule has 1 fully saturated rings. The molecule has 1 aromatic carbocycles. The number of hydrogen-bond acceptors (Lipinski definition) is 6. The van der Waals surface area contributed by atoms with Gasteiger partial charge in [0.05, 0.1) is 12.8 Å². The first-order valence-corrected chi connectivity index (χ1v) is 8.76. The molecule has 0 saturated carbocycles. The molecule has 1 saturated heterocycles. The zero-order valence-electron chi connectivity index (χ0n) is 15.7. The van der Waals surface area contributed by atoms with Crippen LogP contribution in [0.4, 0.5) is 11.6 Å². The maximum Gasteiger partial charge on any atom is 0.274 e. The van der Waals surface area contributed by atoms with Crippen LogP contribution < -0.4 is 15.0 Å². The van der Waals surface area contributed by atoms with Crippen LogP contribution >= 0.6 is 0 Å². The smallest absolute Gasteiger partial charge is 0.274 e. The van der Waals surface area contributed by atoms with Crippen LogP contribution in [0.15, 0.2) is 24.3 Å². The summed E-state index contributed by atoms with van der Waals surface area (Å²) in [4.78, 5) is 36.2. The molecule has 0 radical (unpaired) electrons. The monoisotopic (exact) mass is 369 g/mol. The summed E-state index contributed by atoms with van der Waals surface area (Å²) in [7, 11) is 1.56. The van der Waals surface area contributed by atoms with Gasteiger partial charge in [0.15, 0.2) is 0 Å². The van der Waals surface area contributed by atoms with E-state index in [0.717, 1.165) is 12.0 Å². The third-order valence-electron chi connectivity index (χ3n) is 4.42. The van der Waals surface area contributed by atoms with E-state index in [1.807, 2.05) is 36.9 Å². The van der Waals surface area contributed by atoms with E-state index in [1.165, 1.54) is 0 Å². The summed E-state index contributed by atoms with van der Waals surface area (Å²) in [6.45, 7) is 6.27. The first-order chi connectivity index (χ1) is 13.0. The number of hydrogen-bond donors (Lipinski definition) is 1. The van der Waals surface area contributed by atoms with E-state index < -0.39 is 0 Å². The summed E-state index contributed by atoms with van der Waals surface area (Å²) in [6.07, 6.45) is 0.850. The van der Waals surface area contributed by atoms with Crippen LogP contribution in [0.2, 0.25) is 0 Å². The van der Waals surface area contributed by atoms with Crippen molar-refractivity contribution in [3.63, 3.8) is 0 Å². The maximum atomic E-state index is 12.7. The van der Waals surface area contributed by atoms with Crippen molar-refractivity contribution >= 4 is 24.0 Å². The third-order valence-corrected chi connectivity index (χ3v) is 4.42. The van der Waals surface area contributed by atoms with Crippen LogP contribution in [0.5, 0.6) is 5.75 Å². The highest BCUT2D eigenvalue weighted by Gasteiger charge is 2.20. The molecule has 8 nitrogen and oxygen atoms in total. The van der Waals surface area contributed by atoms with Gasteiger partial charge in [-0.15, -0.1) is 0 Å². The average molecular weight is 369 g/mol. The molecule has 2 heterocycles. The minimum Gasteiger partial charge on any atom is -0.495 e. The van der Waals surface area contributed by atoms with Gasteiger partial charge in [0.1, 0.15) is 11.4 Å². The van der Waals surface area contributed by atoms with Crippen molar-refractivity contribution in [2.45, 2.75) is 13.8 Å². The first kappa shape index (κ1) is 18.6. The Morgan fingerprint density at radius 2 is 1.89 bits per heavy atom. The Morgan fingerprint density at radius 1 is 1.15 bits per heavy atom. The van der Waals surface area contributed by atoms with E-state index in [-0.39, 0.29) is 5.91 Å². The number of benzene rings is 1. The Labute approximate surface area is 158 Å². The standard InChI is InChI=1S/C19H23N5O3/c1-13-4-5-17(27-3)15(10-13)21-18(26)16-11-14(2)20-19(22-16)24-8-6-23(12-25)7-9-24/h4-5,10-12H,6-9H2,1-3H3,(H,21,26). The third kappa shape index (κ3) is 4.33. The molecule has 0 aliphatic carbocycles. The van der Waals surface area contributed by atoms with Crippen molar-refractivity contribution in [2.75, 3.05) is 43.5 Å². The predicted molar refractivity (Wildman–Crippen MR) is 102 cm³/mol. The van der Waals surface area contributed by atoms with Crippen LogP contribution in [0.1, 0.15) is 21.7 Å². The molecular formula is C19H23N5O3. The SMILES string of the molecule is COc1ccc(C)cc1NC(=O)c1cc(C)nc(N2CCN(C=O)CC2)n1. The number of nitrogens with zero attached hydrogens (tertiary/aromatic N) is 4. The molecule has 27 heavy (non-hydrogen) atoms. The maximum absolute atomic E-state index is 12.7. The van der Waals surface area contributed by atoms with Crippen LogP contribution in [-0.4, -0.2) is 60.5 Å². The molecule has 142 valence electrons. The summed E-state index contributed by atoms with van der Waals surface area (Å²) in [5, 5.41) is 2.86. The zero-order valence-corrected chi connectivity index (χ0v) is 15.7. The van der Waals surface area contributed by atoms with Crippen LogP contribution in [-0.2, 0) is 4.79 Å². The normalized spacial score (nSPS) is 14.0. The lowest BCUT2D eigenvalue weighted by molar-refractivity contribution is -0.118. The number of ether oxygens (including phenoxy) is 1. The highest BCUT2D eigenvalue weighted by atomic mass is 16.5. The Kier molecular flexibility index (Phi) is 5.54. The van der Waals surface area contributed by atoms with Gasteiger partial charge in [0.25, 0.3) is 5.91 Å². The molecule has 0 spiro atoms. The van der Waals surface area contributed by atoms with Crippen molar-refractivity contribution < 1.29 is 14.3 Å². The second kappa shape index (κ2) is 8.03. The van der Waals surface area contributed by atoms with Crippen LogP contribution in [0.25, 0.3) is 0 Å². The van der Waals surface area contributed by atoms with E-state index in [2.05, 4.69) is 15.3 Å². The largest absolute Gasteiger partial charge is 0.495 e. The molecule has 8 heteroatoms. The lowest BCUT2D eigenvalue weighted by Crippen LogP contribution is -2.46. The fourth-order valence-corrected chi connectivity index (χ4v) is 2.94. The number of nitrogens with one attached hydrogen (secondary N) is 1. The van der Waals surface area contributed by atoms with Gasteiger partial charge < -0.3 is 19.9 Å². The topological polar surface area (TPSA) is 87.7 Å². The van der Waals surface area contributed by atoms with Gasteiger partial charge in [-0.05, 0) is 37.6 Å². The highest BCUT2D eigenvalue weighted by Crippen LogP contribution is 2.25. The molecule has 0 bridgehead atoms. The van der Waals surface area contributed by atoms with Crippen LogP contribution in [0, 0.1) is 13.8 Å². The molecule has 2 aromatic rings. The predicted octanol–water partition coefficient (Wildman–Crippen LogP) is 1.63. The summed E-state index contributed by atoms with van der Waals surface area (Å²) >= 11 is 0. The number of anilines is 2. The summed E-state index contributed by atoms with van der Waals surface area (Å²) < 4.78 is 5.31. The molecule has 1 aliphatic heterocycles. The van der Waals surface area contributed by atoms with Gasteiger partial charge in [-0.2, -0.15) is 0 Å². The van der Waals surface area contributed by atoms with Crippen molar-refractivity contribution in [1.29, 1.82) is 0 Å². The van der Waals surface area contributed by atoms with E-state index >= 15 is 0 Å². The second-order valence-electron chi connectivity index (χ2n) is 6.48. The molecule has 2 amide bonds. The van der Waals surface area contributed by atoms with E-state index in [4.69, 9.17) is 4.74 Å². The fraction of sp³-hybridized carbons (Fsp3) is 0.368. The van der Waals surface area contributed by atoms with E-state index in [9.17, 15) is 9.59 Å². The number of carbonyl (C=O) groups is 2. The van der Waals surface area contributed by atoms with Gasteiger partial charge in [0.2, 0.25) is 12.4 Å². The number of amides is 2. The van der Waals surface area contributed by atoms with Crippen molar-refractivity contribution in [3.05, 3.63) is 41.2 Å². The van der Waals surface area contributed by atoms with Crippen LogP contribution in [0.3, 0.4) is 0 Å². The Morgan fingerprint density at radius 3 is 2.56 bits per heavy atom. The highest BCUT2D eigenvalue weighted by molar-refractivity contribution is 6.04. The lowest BCUT2D eigenvalue weighted by atomic mass is 10.2. The lowest BCUT2D eigenvalue weighted by Gasteiger charge is -2.32. The molecular weight excluding hydrogens is 346 g/mol. The molecule has 1 aliphatic rings. The number of carbonyl (C=O) groups excluding carboxylic acids is 2. The zero-order chi connectivity index (χ0) is 19.4. The van der Waals surface area contributed by atoms with E-state index in [0.29, 0.717) is 55.0 Å². The quantitative estimate of drug-likeness (QED) is 0.806. The minimum atomic E-state index is -0.322. The average Bonchev–Trinajstić information content (AvgIpc) is 2.67. The molecule has 1 aromatic heterocycles. The number of rotatable bonds is 5. The van der Waals surface area contributed by atoms with Gasteiger partial charge >= 0.3 is 0 Å². The number of piperazine rings is 1. The molecule has 0 atom stereocenters. The van der Waals surface area contributed by atoms with Crippen molar-refractivity contribution in [1.82, 2.24) is 14.9 Å². The number of methoxy groups -OCH3 is 1. The fourth-order valence-electron chi connectivity index (χ4n) is 2.94. The first-order valence-electron chi connectivity index (χ1n) is 8.76. The van der Waals surface area contributed by atoms with Crippen molar-refractivity contribution in [2.24, 2.45) is 0 Å². The molecule has 3 rings (SSSR count). The Balaban J connectivity index is 1.81. The Hall–Kier alpha value is -3.16. The summed E-state index contributed by atoms with van der Waals surface area (Å²) in [5.74, 6) is 0.768. The Bertz CT molecular complexity index is 847. The van der Waals surface area contributed by atoms with Gasteiger partial charge in [0, 0.05) is 31.9 Å². The number of aromatic nitrogens is 2.